The average Bonchev–Trinajstić information content (AvgIpc) is 2.92. The molecule has 2 aromatic heterocycles. The fourth-order valence-electron chi connectivity index (χ4n) is 2.73. The van der Waals surface area contributed by atoms with Gasteiger partial charge in [0.25, 0.3) is 5.56 Å². The van der Waals surface area contributed by atoms with Gasteiger partial charge in [-0.15, -0.1) is 0 Å². The van der Waals surface area contributed by atoms with E-state index in [2.05, 4.69) is 15.4 Å². The van der Waals surface area contributed by atoms with E-state index in [0.717, 1.165) is 35.5 Å². The van der Waals surface area contributed by atoms with Crippen molar-refractivity contribution in [3.63, 3.8) is 0 Å². The zero-order valence-corrected chi connectivity index (χ0v) is 11.9. The van der Waals surface area contributed by atoms with Crippen LogP contribution in [0.2, 0.25) is 5.02 Å². The standard InChI is InChI=1S/C15H13ClN4O/c16-11-4-2-1-3-9(11)13-7-14-18-12-5-6-17-8-10(12)15(21)20(14)19-13/h1-4,7,17,19H,5-6,8H2. The number of nitrogens with one attached hydrogen (secondary N) is 2. The second-order valence-corrected chi connectivity index (χ2v) is 5.52. The Bertz CT molecular complexity index is 896. The highest BCUT2D eigenvalue weighted by atomic mass is 35.5. The van der Waals surface area contributed by atoms with E-state index in [1.165, 1.54) is 4.52 Å². The summed E-state index contributed by atoms with van der Waals surface area (Å²) in [6.07, 6.45) is 0.785. The second-order valence-electron chi connectivity index (χ2n) is 5.11. The summed E-state index contributed by atoms with van der Waals surface area (Å²) < 4.78 is 1.49. The number of benzene rings is 1. The Morgan fingerprint density at radius 3 is 3.00 bits per heavy atom. The third-order valence-electron chi connectivity index (χ3n) is 3.80. The van der Waals surface area contributed by atoms with Gasteiger partial charge in [-0.05, 0) is 6.07 Å². The van der Waals surface area contributed by atoms with Crippen molar-refractivity contribution in [1.29, 1.82) is 0 Å². The zero-order chi connectivity index (χ0) is 14.4. The zero-order valence-electron chi connectivity index (χ0n) is 11.2. The van der Waals surface area contributed by atoms with E-state index in [4.69, 9.17) is 11.6 Å². The van der Waals surface area contributed by atoms with Crippen LogP contribution in [0.1, 0.15) is 11.3 Å². The molecule has 0 fully saturated rings. The van der Waals surface area contributed by atoms with Crippen LogP contribution < -0.4 is 10.9 Å². The Kier molecular flexibility index (Phi) is 2.83. The van der Waals surface area contributed by atoms with Crippen molar-refractivity contribution in [3.8, 4) is 11.3 Å². The Morgan fingerprint density at radius 1 is 1.29 bits per heavy atom. The summed E-state index contributed by atoms with van der Waals surface area (Å²) >= 11 is 6.22. The van der Waals surface area contributed by atoms with E-state index in [0.29, 0.717) is 17.2 Å². The minimum atomic E-state index is -0.0412. The number of H-pyrrole nitrogens is 1. The molecule has 0 bridgehead atoms. The minimum Gasteiger partial charge on any atom is -0.312 e. The van der Waals surface area contributed by atoms with Crippen LogP contribution in [0.4, 0.5) is 0 Å². The van der Waals surface area contributed by atoms with Crippen LogP contribution in [-0.4, -0.2) is 21.1 Å². The fourth-order valence-corrected chi connectivity index (χ4v) is 2.96. The number of hydrogen-bond acceptors (Lipinski definition) is 3. The highest BCUT2D eigenvalue weighted by Gasteiger charge is 2.18. The lowest BCUT2D eigenvalue weighted by atomic mass is 10.1. The minimum absolute atomic E-state index is 0.0412. The molecule has 106 valence electrons. The largest absolute Gasteiger partial charge is 0.312 e. The molecule has 0 spiro atoms. The van der Waals surface area contributed by atoms with Crippen molar-refractivity contribution < 1.29 is 0 Å². The summed E-state index contributed by atoms with van der Waals surface area (Å²) in [6, 6.07) is 9.40. The third kappa shape index (κ3) is 1.97. The molecule has 0 aliphatic carbocycles. The van der Waals surface area contributed by atoms with Gasteiger partial charge in [-0.1, -0.05) is 29.8 Å². The highest BCUT2D eigenvalue weighted by molar-refractivity contribution is 6.33. The summed E-state index contributed by atoms with van der Waals surface area (Å²) in [7, 11) is 0. The van der Waals surface area contributed by atoms with Crippen LogP contribution in [-0.2, 0) is 13.0 Å². The summed E-state index contributed by atoms with van der Waals surface area (Å²) in [5.74, 6) is 0. The number of hydrogen-bond donors (Lipinski definition) is 2. The van der Waals surface area contributed by atoms with Gasteiger partial charge < -0.3 is 5.32 Å². The highest BCUT2D eigenvalue weighted by Crippen LogP contribution is 2.26. The third-order valence-corrected chi connectivity index (χ3v) is 4.13. The molecule has 1 aliphatic heterocycles. The number of fused-ring (bicyclic) bond motifs is 2. The van der Waals surface area contributed by atoms with E-state index in [1.54, 1.807) is 0 Å². The first kappa shape index (κ1) is 12.6. The molecule has 5 nitrogen and oxygen atoms in total. The van der Waals surface area contributed by atoms with Crippen molar-refractivity contribution in [2.24, 2.45) is 0 Å². The van der Waals surface area contributed by atoms with Gasteiger partial charge in [0.1, 0.15) is 0 Å². The Labute approximate surface area is 125 Å². The first-order valence-electron chi connectivity index (χ1n) is 6.83. The topological polar surface area (TPSA) is 62.2 Å². The van der Waals surface area contributed by atoms with Crippen molar-refractivity contribution in [2.45, 2.75) is 13.0 Å². The second kappa shape index (κ2) is 4.72. The molecule has 3 aromatic rings. The van der Waals surface area contributed by atoms with Gasteiger partial charge in [0, 0.05) is 36.2 Å². The summed E-state index contributed by atoms with van der Waals surface area (Å²) in [4.78, 5) is 17.1. The van der Waals surface area contributed by atoms with Gasteiger partial charge >= 0.3 is 0 Å². The van der Waals surface area contributed by atoms with E-state index in [1.807, 2.05) is 30.3 Å². The number of nitrogens with zero attached hydrogens (tertiary/aromatic N) is 2. The van der Waals surface area contributed by atoms with Crippen LogP contribution in [0, 0.1) is 0 Å². The fraction of sp³-hybridized carbons (Fsp3) is 0.200. The first-order chi connectivity index (χ1) is 10.2. The Hall–Kier alpha value is -2.11. The van der Waals surface area contributed by atoms with Gasteiger partial charge in [0.05, 0.1) is 17.0 Å². The lowest BCUT2D eigenvalue weighted by Gasteiger charge is -2.14. The number of aromatic nitrogens is 3. The van der Waals surface area contributed by atoms with E-state index >= 15 is 0 Å². The molecule has 0 saturated heterocycles. The SMILES string of the molecule is O=c1c2c(nc3cc(-c4ccccc4Cl)[nH]n13)CCNC2. The first-order valence-corrected chi connectivity index (χ1v) is 7.21. The molecule has 4 rings (SSSR count). The van der Waals surface area contributed by atoms with Crippen LogP contribution in [0.25, 0.3) is 16.9 Å². The van der Waals surface area contributed by atoms with E-state index < -0.39 is 0 Å². The average molecular weight is 301 g/mol. The van der Waals surface area contributed by atoms with Crippen LogP contribution in [0.15, 0.2) is 35.1 Å². The molecule has 3 heterocycles. The lowest BCUT2D eigenvalue weighted by molar-refractivity contribution is 0.617. The van der Waals surface area contributed by atoms with Gasteiger partial charge in [0.15, 0.2) is 5.65 Å². The molecule has 2 N–H and O–H groups in total. The predicted molar refractivity (Wildman–Crippen MR) is 81.7 cm³/mol. The van der Waals surface area contributed by atoms with Crippen LogP contribution >= 0.6 is 11.6 Å². The van der Waals surface area contributed by atoms with Crippen molar-refractivity contribution in [3.05, 3.63) is 57.0 Å². The van der Waals surface area contributed by atoms with Gasteiger partial charge in [0.2, 0.25) is 0 Å². The van der Waals surface area contributed by atoms with Crippen molar-refractivity contribution in [1.82, 2.24) is 19.9 Å². The summed E-state index contributed by atoms with van der Waals surface area (Å²) in [6.45, 7) is 1.43. The molecular formula is C15H13ClN4O. The van der Waals surface area contributed by atoms with Crippen LogP contribution in [0.3, 0.4) is 0 Å². The van der Waals surface area contributed by atoms with Gasteiger partial charge in [-0.25, -0.2) is 9.50 Å². The Balaban J connectivity index is 1.97. The molecule has 21 heavy (non-hydrogen) atoms. The maximum absolute atomic E-state index is 12.5. The predicted octanol–water partition coefficient (Wildman–Crippen LogP) is 1.99. The molecule has 0 atom stereocenters. The molecule has 0 saturated carbocycles. The molecule has 0 radical (unpaired) electrons. The number of aromatic amines is 1. The quantitative estimate of drug-likeness (QED) is 0.722. The summed E-state index contributed by atoms with van der Waals surface area (Å²) in [5.41, 5.74) is 3.88. The van der Waals surface area contributed by atoms with Crippen molar-refractivity contribution >= 4 is 17.2 Å². The maximum Gasteiger partial charge on any atom is 0.277 e. The molecule has 6 heteroatoms. The number of rotatable bonds is 1. The lowest BCUT2D eigenvalue weighted by Crippen LogP contribution is -2.33. The monoisotopic (exact) mass is 300 g/mol. The molecule has 1 aliphatic rings. The van der Waals surface area contributed by atoms with E-state index in [9.17, 15) is 4.79 Å². The van der Waals surface area contributed by atoms with Crippen LogP contribution in [0.5, 0.6) is 0 Å². The van der Waals surface area contributed by atoms with Gasteiger partial charge in [-0.3, -0.25) is 9.89 Å². The molecule has 0 unspecified atom stereocenters. The van der Waals surface area contributed by atoms with E-state index in [-0.39, 0.29) is 5.56 Å². The molecular weight excluding hydrogens is 288 g/mol. The smallest absolute Gasteiger partial charge is 0.277 e. The Morgan fingerprint density at radius 2 is 2.14 bits per heavy atom. The summed E-state index contributed by atoms with van der Waals surface area (Å²) in [5, 5.41) is 6.95. The normalized spacial score (nSPS) is 14.3. The number of halogens is 1. The van der Waals surface area contributed by atoms with Gasteiger partial charge in [-0.2, -0.15) is 0 Å². The molecule has 1 aromatic carbocycles. The van der Waals surface area contributed by atoms with Crippen molar-refractivity contribution in [2.75, 3.05) is 6.54 Å². The molecule has 0 amide bonds. The maximum atomic E-state index is 12.5.